The summed E-state index contributed by atoms with van der Waals surface area (Å²) >= 11 is 0. The molecule has 3 aromatic rings. The summed E-state index contributed by atoms with van der Waals surface area (Å²) in [5.74, 6) is 0.563. The Bertz CT molecular complexity index is 1140. The van der Waals surface area contributed by atoms with E-state index in [4.69, 9.17) is 23.4 Å². The average Bonchev–Trinajstić information content (AvgIpc) is 2.73. The van der Waals surface area contributed by atoms with Gasteiger partial charge in [0, 0.05) is 5.56 Å². The third-order valence-electron chi connectivity index (χ3n) is 4.57. The van der Waals surface area contributed by atoms with E-state index in [9.17, 15) is 9.59 Å². The van der Waals surface area contributed by atoms with Gasteiger partial charge in [0.2, 0.25) is 11.2 Å². The fourth-order valence-electron chi connectivity index (χ4n) is 3.26. The molecule has 0 aliphatic rings. The highest BCUT2D eigenvalue weighted by Crippen LogP contribution is 2.37. The molecule has 1 aromatic heterocycles. The number of esters is 1. The minimum atomic E-state index is -0.573. The van der Waals surface area contributed by atoms with Crippen molar-refractivity contribution in [1.29, 1.82) is 0 Å². The number of aryl methyl sites for hydroxylation is 2. The SMILES string of the molecule is CCOC(=O)COc1c(-c2ccc(OC)c(OC)c2)oc2c(C)cc(C)cc2c1=O. The van der Waals surface area contributed by atoms with Crippen LogP contribution in [0.3, 0.4) is 0 Å². The average molecular weight is 412 g/mol. The summed E-state index contributed by atoms with van der Waals surface area (Å²) in [6, 6.07) is 8.79. The van der Waals surface area contributed by atoms with E-state index in [1.165, 1.54) is 14.2 Å². The largest absolute Gasteiger partial charge is 0.493 e. The Hall–Kier alpha value is -3.48. The van der Waals surface area contributed by atoms with Gasteiger partial charge in [-0.2, -0.15) is 0 Å². The van der Waals surface area contributed by atoms with Crippen molar-refractivity contribution in [3.63, 3.8) is 0 Å². The molecule has 0 N–H and O–H groups in total. The first-order chi connectivity index (χ1) is 14.4. The van der Waals surface area contributed by atoms with E-state index in [2.05, 4.69) is 0 Å². The van der Waals surface area contributed by atoms with Gasteiger partial charge in [0.15, 0.2) is 23.9 Å². The summed E-state index contributed by atoms with van der Waals surface area (Å²) in [5, 5.41) is 0.385. The standard InChI is InChI=1S/C23H24O7/c1-6-28-19(24)12-29-23-20(25)16-10-13(2)9-14(3)21(16)30-22(23)15-7-8-17(26-4)18(11-15)27-5/h7-11H,6,12H2,1-5H3. The van der Waals surface area contributed by atoms with Crippen LogP contribution in [-0.4, -0.2) is 33.4 Å². The van der Waals surface area contributed by atoms with E-state index >= 15 is 0 Å². The smallest absolute Gasteiger partial charge is 0.344 e. The number of carbonyl (C=O) groups excluding carboxylic acids is 1. The van der Waals surface area contributed by atoms with Gasteiger partial charge in [-0.05, 0) is 56.2 Å². The molecular weight excluding hydrogens is 388 g/mol. The van der Waals surface area contributed by atoms with Crippen molar-refractivity contribution in [1.82, 2.24) is 0 Å². The Kier molecular flexibility index (Phi) is 6.30. The molecule has 0 spiro atoms. The van der Waals surface area contributed by atoms with E-state index in [0.29, 0.717) is 28.0 Å². The number of carbonyl (C=O) groups is 1. The number of rotatable bonds is 7. The number of hydrogen-bond donors (Lipinski definition) is 0. The molecule has 0 atom stereocenters. The van der Waals surface area contributed by atoms with Gasteiger partial charge in [0.05, 0.1) is 26.2 Å². The zero-order valence-electron chi connectivity index (χ0n) is 17.7. The highest BCUT2D eigenvalue weighted by atomic mass is 16.6. The molecule has 30 heavy (non-hydrogen) atoms. The van der Waals surface area contributed by atoms with Crippen LogP contribution in [-0.2, 0) is 9.53 Å². The van der Waals surface area contributed by atoms with Gasteiger partial charge in [-0.25, -0.2) is 4.79 Å². The monoisotopic (exact) mass is 412 g/mol. The molecule has 0 aliphatic heterocycles. The Labute approximate surface area is 174 Å². The molecule has 7 heteroatoms. The quantitative estimate of drug-likeness (QED) is 0.542. The van der Waals surface area contributed by atoms with Crippen LogP contribution in [0.1, 0.15) is 18.1 Å². The van der Waals surface area contributed by atoms with Gasteiger partial charge in [-0.15, -0.1) is 0 Å². The molecule has 0 aliphatic carbocycles. The van der Waals surface area contributed by atoms with Gasteiger partial charge >= 0.3 is 5.97 Å². The van der Waals surface area contributed by atoms with Crippen molar-refractivity contribution in [2.45, 2.75) is 20.8 Å². The van der Waals surface area contributed by atoms with Gasteiger partial charge in [-0.3, -0.25) is 4.79 Å². The Morgan fingerprint density at radius 2 is 1.77 bits per heavy atom. The van der Waals surface area contributed by atoms with Crippen molar-refractivity contribution >= 4 is 16.9 Å². The predicted octanol–water partition coefficient (Wildman–Crippen LogP) is 4.04. The maximum Gasteiger partial charge on any atom is 0.344 e. The second-order valence-corrected chi connectivity index (χ2v) is 6.71. The van der Waals surface area contributed by atoms with E-state index in [1.807, 2.05) is 19.9 Å². The number of benzene rings is 2. The van der Waals surface area contributed by atoms with Crippen LogP contribution in [0.4, 0.5) is 0 Å². The van der Waals surface area contributed by atoms with E-state index in [1.54, 1.807) is 31.2 Å². The molecule has 0 saturated carbocycles. The third-order valence-corrected chi connectivity index (χ3v) is 4.57. The van der Waals surface area contributed by atoms with Crippen molar-refractivity contribution in [3.8, 4) is 28.6 Å². The zero-order chi connectivity index (χ0) is 21.8. The third kappa shape index (κ3) is 4.10. The van der Waals surface area contributed by atoms with Crippen molar-refractivity contribution < 1.29 is 28.2 Å². The summed E-state index contributed by atoms with van der Waals surface area (Å²) in [4.78, 5) is 25.1. The molecule has 0 bridgehead atoms. The van der Waals surface area contributed by atoms with Gasteiger partial charge in [0.1, 0.15) is 5.58 Å². The molecular formula is C23H24O7. The molecule has 2 aromatic carbocycles. The van der Waals surface area contributed by atoms with Gasteiger partial charge in [-0.1, -0.05) is 6.07 Å². The second-order valence-electron chi connectivity index (χ2n) is 6.71. The lowest BCUT2D eigenvalue weighted by Crippen LogP contribution is -2.19. The first-order valence-corrected chi connectivity index (χ1v) is 9.48. The minimum Gasteiger partial charge on any atom is -0.493 e. The summed E-state index contributed by atoms with van der Waals surface area (Å²) in [6.07, 6.45) is 0. The predicted molar refractivity (Wildman–Crippen MR) is 113 cm³/mol. The minimum absolute atomic E-state index is 0.0622. The second kappa shape index (κ2) is 8.90. The van der Waals surface area contributed by atoms with Crippen molar-refractivity contribution in [3.05, 3.63) is 51.7 Å². The molecule has 1 heterocycles. The fraction of sp³-hybridized carbons (Fsp3) is 0.304. The summed E-state index contributed by atoms with van der Waals surface area (Å²) in [6.45, 7) is 5.27. The highest BCUT2D eigenvalue weighted by molar-refractivity contribution is 5.85. The van der Waals surface area contributed by atoms with E-state index in [0.717, 1.165) is 11.1 Å². The molecule has 3 rings (SSSR count). The Balaban J connectivity index is 2.24. The maximum absolute atomic E-state index is 13.3. The highest BCUT2D eigenvalue weighted by Gasteiger charge is 2.21. The van der Waals surface area contributed by atoms with Crippen molar-refractivity contribution in [2.75, 3.05) is 27.4 Å². The van der Waals surface area contributed by atoms with Crippen LogP contribution in [0.25, 0.3) is 22.3 Å². The van der Waals surface area contributed by atoms with Gasteiger partial charge < -0.3 is 23.4 Å². The van der Waals surface area contributed by atoms with Crippen LogP contribution < -0.4 is 19.6 Å². The molecule has 0 saturated heterocycles. The number of methoxy groups -OCH3 is 2. The van der Waals surface area contributed by atoms with Crippen LogP contribution in [0.5, 0.6) is 17.2 Å². The molecule has 7 nitrogen and oxygen atoms in total. The zero-order valence-corrected chi connectivity index (χ0v) is 17.7. The molecule has 0 amide bonds. The number of hydrogen-bond acceptors (Lipinski definition) is 7. The maximum atomic E-state index is 13.3. The van der Waals surface area contributed by atoms with Gasteiger partial charge in [0.25, 0.3) is 0 Å². The lowest BCUT2D eigenvalue weighted by atomic mass is 10.0. The van der Waals surface area contributed by atoms with E-state index < -0.39 is 12.6 Å². The first kappa shape index (κ1) is 21.2. The molecule has 0 unspecified atom stereocenters. The van der Waals surface area contributed by atoms with Crippen LogP contribution in [0.2, 0.25) is 0 Å². The summed E-state index contributed by atoms with van der Waals surface area (Å²) < 4.78 is 27.3. The van der Waals surface area contributed by atoms with Crippen LogP contribution in [0, 0.1) is 13.8 Å². The lowest BCUT2D eigenvalue weighted by molar-refractivity contribution is -0.145. The van der Waals surface area contributed by atoms with Crippen LogP contribution >= 0.6 is 0 Å². The first-order valence-electron chi connectivity index (χ1n) is 9.48. The molecule has 158 valence electrons. The van der Waals surface area contributed by atoms with E-state index in [-0.39, 0.29) is 23.5 Å². The normalized spacial score (nSPS) is 10.7. The van der Waals surface area contributed by atoms with Crippen LogP contribution in [0.15, 0.2) is 39.5 Å². The number of fused-ring (bicyclic) bond motifs is 1. The lowest BCUT2D eigenvalue weighted by Gasteiger charge is -2.14. The molecule has 0 radical (unpaired) electrons. The fourth-order valence-corrected chi connectivity index (χ4v) is 3.26. The van der Waals surface area contributed by atoms with Crippen molar-refractivity contribution in [2.24, 2.45) is 0 Å². The Morgan fingerprint density at radius 3 is 2.43 bits per heavy atom. The Morgan fingerprint density at radius 1 is 1.03 bits per heavy atom. The summed E-state index contributed by atoms with van der Waals surface area (Å²) in [5.41, 5.74) is 2.38. The number of ether oxygens (including phenoxy) is 4. The molecule has 0 fully saturated rings. The summed E-state index contributed by atoms with van der Waals surface area (Å²) in [7, 11) is 3.05. The topological polar surface area (TPSA) is 84.2 Å².